The number of nitrogens with two attached hydrogens (primary N) is 1. The normalized spacial score (nSPS) is 14.9. The van der Waals surface area contributed by atoms with Crippen LogP contribution in [0.5, 0.6) is 0 Å². The zero-order valence-electron chi connectivity index (χ0n) is 14.4. The van der Waals surface area contributed by atoms with Crippen molar-refractivity contribution in [2.24, 2.45) is 0 Å². The third-order valence-electron chi connectivity index (χ3n) is 4.45. The Hall–Kier alpha value is -2.18. The second kappa shape index (κ2) is 7.59. The van der Waals surface area contributed by atoms with Crippen LogP contribution in [0.25, 0.3) is 0 Å². The molecule has 0 spiro atoms. The van der Waals surface area contributed by atoms with Gasteiger partial charge >= 0.3 is 0 Å². The average molecular weight is 326 g/mol. The molecular weight excluding hydrogens is 300 g/mol. The number of aromatic nitrogens is 2. The van der Waals surface area contributed by atoms with Gasteiger partial charge in [-0.1, -0.05) is 30.3 Å². The van der Waals surface area contributed by atoms with Gasteiger partial charge in [-0.15, -0.1) is 0 Å². The van der Waals surface area contributed by atoms with Gasteiger partial charge in [-0.05, 0) is 26.1 Å². The van der Waals surface area contributed by atoms with E-state index in [1.807, 2.05) is 13.1 Å². The molecule has 0 radical (unpaired) electrons. The molecule has 1 aliphatic rings. The van der Waals surface area contributed by atoms with Crippen molar-refractivity contribution < 1.29 is 0 Å². The molecule has 0 bridgehead atoms. The van der Waals surface area contributed by atoms with Crippen molar-refractivity contribution in [3.63, 3.8) is 0 Å². The summed E-state index contributed by atoms with van der Waals surface area (Å²) in [4.78, 5) is 13.3. The van der Waals surface area contributed by atoms with Gasteiger partial charge in [-0.3, -0.25) is 0 Å². The van der Waals surface area contributed by atoms with Gasteiger partial charge in [0.2, 0.25) is 5.95 Å². The van der Waals surface area contributed by atoms with Gasteiger partial charge < -0.3 is 20.9 Å². The number of anilines is 2. The molecule has 24 heavy (non-hydrogen) atoms. The summed E-state index contributed by atoms with van der Waals surface area (Å²) in [6.45, 7) is 3.69. The van der Waals surface area contributed by atoms with E-state index in [0.29, 0.717) is 12.0 Å². The zero-order chi connectivity index (χ0) is 16.9. The van der Waals surface area contributed by atoms with E-state index < -0.39 is 0 Å². The smallest absolute Gasteiger partial charge is 0.222 e. The van der Waals surface area contributed by atoms with Crippen LogP contribution in [0.1, 0.15) is 11.3 Å². The van der Waals surface area contributed by atoms with Crippen LogP contribution in [0.15, 0.2) is 36.4 Å². The van der Waals surface area contributed by atoms with Crippen molar-refractivity contribution in [2.45, 2.75) is 19.0 Å². The third-order valence-corrected chi connectivity index (χ3v) is 4.45. The lowest BCUT2D eigenvalue weighted by atomic mass is 10.1. The SMILES string of the molecule is CNC1CN(c2cc(CN(C)CCc3ccccc3)nc(N)n2)C1. The van der Waals surface area contributed by atoms with Gasteiger partial charge in [0, 0.05) is 38.3 Å². The fraction of sp³-hybridized carbons (Fsp3) is 0.444. The minimum atomic E-state index is 0.354. The van der Waals surface area contributed by atoms with Gasteiger partial charge in [0.25, 0.3) is 0 Å². The monoisotopic (exact) mass is 326 g/mol. The van der Waals surface area contributed by atoms with E-state index in [0.717, 1.165) is 44.1 Å². The van der Waals surface area contributed by atoms with Gasteiger partial charge in [0.15, 0.2) is 0 Å². The number of rotatable bonds is 7. The van der Waals surface area contributed by atoms with E-state index in [1.165, 1.54) is 5.56 Å². The van der Waals surface area contributed by atoms with Crippen molar-refractivity contribution in [1.29, 1.82) is 0 Å². The highest BCUT2D eigenvalue weighted by atomic mass is 15.3. The number of hydrogen-bond acceptors (Lipinski definition) is 6. The van der Waals surface area contributed by atoms with Crippen molar-refractivity contribution in [2.75, 3.05) is 44.4 Å². The zero-order valence-corrected chi connectivity index (χ0v) is 14.4. The van der Waals surface area contributed by atoms with E-state index in [-0.39, 0.29) is 0 Å². The standard InChI is InChI=1S/C18H26N6/c1-20-16-12-24(13-16)17-10-15(21-18(19)22-17)11-23(2)9-8-14-6-4-3-5-7-14/h3-7,10,16,20H,8-9,11-13H2,1-2H3,(H2,19,21,22). The van der Waals surface area contributed by atoms with E-state index in [1.54, 1.807) is 0 Å². The van der Waals surface area contributed by atoms with Crippen LogP contribution < -0.4 is 16.0 Å². The van der Waals surface area contributed by atoms with Crippen LogP contribution in [-0.4, -0.2) is 54.6 Å². The number of nitrogens with zero attached hydrogens (tertiary/aromatic N) is 4. The molecule has 1 aromatic carbocycles. The molecule has 128 valence electrons. The Morgan fingerprint density at radius 3 is 2.71 bits per heavy atom. The first-order valence-electron chi connectivity index (χ1n) is 8.42. The highest BCUT2D eigenvalue weighted by molar-refractivity contribution is 5.46. The molecule has 0 saturated carbocycles. The first-order chi connectivity index (χ1) is 11.6. The molecule has 6 nitrogen and oxygen atoms in total. The van der Waals surface area contributed by atoms with Gasteiger partial charge in [-0.2, -0.15) is 4.98 Å². The van der Waals surface area contributed by atoms with Crippen LogP contribution in [0.3, 0.4) is 0 Å². The maximum absolute atomic E-state index is 5.90. The lowest BCUT2D eigenvalue weighted by Gasteiger charge is -2.40. The van der Waals surface area contributed by atoms with Crippen LogP contribution in [0, 0.1) is 0 Å². The number of nitrogens with one attached hydrogen (secondary N) is 1. The Morgan fingerprint density at radius 2 is 2.00 bits per heavy atom. The fourth-order valence-electron chi connectivity index (χ4n) is 2.91. The third kappa shape index (κ3) is 4.21. The number of likely N-dealkylation sites (N-methyl/N-ethyl adjacent to an activating group) is 2. The average Bonchev–Trinajstić information content (AvgIpc) is 2.52. The summed E-state index contributed by atoms with van der Waals surface area (Å²) in [5.41, 5.74) is 8.23. The van der Waals surface area contributed by atoms with Gasteiger partial charge in [0.1, 0.15) is 5.82 Å². The molecule has 2 heterocycles. The molecule has 3 N–H and O–H groups in total. The summed E-state index contributed by atoms with van der Waals surface area (Å²) < 4.78 is 0. The maximum atomic E-state index is 5.90. The predicted molar refractivity (Wildman–Crippen MR) is 98.0 cm³/mol. The van der Waals surface area contributed by atoms with E-state index >= 15 is 0 Å². The summed E-state index contributed by atoms with van der Waals surface area (Å²) in [5.74, 6) is 1.28. The number of nitrogen functional groups attached to an aromatic ring is 1. The molecule has 6 heteroatoms. The molecule has 0 aliphatic carbocycles. The minimum absolute atomic E-state index is 0.354. The Morgan fingerprint density at radius 1 is 1.25 bits per heavy atom. The summed E-state index contributed by atoms with van der Waals surface area (Å²) in [6, 6.07) is 13.1. The number of hydrogen-bond donors (Lipinski definition) is 2. The Bertz CT molecular complexity index is 654. The van der Waals surface area contributed by atoms with Gasteiger partial charge in [0.05, 0.1) is 5.69 Å². The fourth-order valence-corrected chi connectivity index (χ4v) is 2.91. The lowest BCUT2D eigenvalue weighted by molar-refractivity contribution is 0.327. The van der Waals surface area contributed by atoms with E-state index in [9.17, 15) is 0 Å². The second-order valence-corrected chi connectivity index (χ2v) is 6.44. The Labute approximate surface area is 143 Å². The predicted octanol–water partition coefficient (Wildman–Crippen LogP) is 1.14. The quantitative estimate of drug-likeness (QED) is 0.795. The molecule has 1 saturated heterocycles. The Balaban J connectivity index is 1.57. The van der Waals surface area contributed by atoms with E-state index in [2.05, 4.69) is 62.5 Å². The molecule has 3 rings (SSSR count). The first kappa shape index (κ1) is 16.7. The van der Waals surface area contributed by atoms with Crippen LogP contribution >= 0.6 is 0 Å². The highest BCUT2D eigenvalue weighted by Gasteiger charge is 2.26. The summed E-state index contributed by atoms with van der Waals surface area (Å²) >= 11 is 0. The molecule has 2 aromatic rings. The summed E-state index contributed by atoms with van der Waals surface area (Å²) in [6.07, 6.45) is 1.03. The minimum Gasteiger partial charge on any atom is -0.368 e. The van der Waals surface area contributed by atoms with Crippen molar-refractivity contribution in [3.8, 4) is 0 Å². The molecule has 1 aliphatic heterocycles. The van der Waals surface area contributed by atoms with Crippen molar-refractivity contribution >= 4 is 11.8 Å². The van der Waals surface area contributed by atoms with Gasteiger partial charge in [-0.25, -0.2) is 4.98 Å². The Kier molecular flexibility index (Phi) is 5.27. The molecule has 0 unspecified atom stereocenters. The van der Waals surface area contributed by atoms with Crippen molar-refractivity contribution in [3.05, 3.63) is 47.7 Å². The topological polar surface area (TPSA) is 70.3 Å². The second-order valence-electron chi connectivity index (χ2n) is 6.44. The summed E-state index contributed by atoms with van der Waals surface area (Å²) in [5, 5.41) is 3.27. The summed E-state index contributed by atoms with van der Waals surface area (Å²) in [7, 11) is 4.10. The highest BCUT2D eigenvalue weighted by Crippen LogP contribution is 2.20. The van der Waals surface area contributed by atoms with Crippen LogP contribution in [-0.2, 0) is 13.0 Å². The molecular formula is C18H26N6. The maximum Gasteiger partial charge on any atom is 0.222 e. The first-order valence-corrected chi connectivity index (χ1v) is 8.42. The largest absolute Gasteiger partial charge is 0.368 e. The lowest BCUT2D eigenvalue weighted by Crippen LogP contribution is -2.57. The molecule has 1 fully saturated rings. The van der Waals surface area contributed by atoms with E-state index in [4.69, 9.17) is 5.73 Å². The van der Waals surface area contributed by atoms with Crippen LogP contribution in [0.2, 0.25) is 0 Å². The molecule has 1 aromatic heterocycles. The molecule has 0 atom stereocenters. The van der Waals surface area contributed by atoms with Crippen molar-refractivity contribution in [1.82, 2.24) is 20.2 Å². The van der Waals surface area contributed by atoms with Crippen LogP contribution in [0.4, 0.5) is 11.8 Å². The number of benzene rings is 1. The molecule has 0 amide bonds.